The van der Waals surface area contributed by atoms with Crippen LogP contribution in [0.3, 0.4) is 0 Å². The minimum Gasteiger partial charge on any atom is -0.462 e. The maximum absolute atomic E-state index is 12.4. The largest absolute Gasteiger partial charge is 0.462 e. The molecule has 0 bridgehead atoms. The van der Waals surface area contributed by atoms with Crippen LogP contribution in [0.1, 0.15) is 341 Å². The Hall–Kier alpha value is -3.96. The van der Waals surface area contributed by atoms with Gasteiger partial charge < -0.3 is 14.6 Å². The number of rotatable bonds is 66. The number of hydrogen-bond acceptors (Lipinski definition) is 5. The van der Waals surface area contributed by atoms with Crippen molar-refractivity contribution in [3.05, 3.63) is 134 Å². The molecule has 0 heterocycles. The summed E-state index contributed by atoms with van der Waals surface area (Å²) in [5.41, 5.74) is 0. The van der Waals surface area contributed by atoms with Gasteiger partial charge in [-0.05, 0) is 96.3 Å². The minimum atomic E-state index is -0.792. The maximum Gasteiger partial charge on any atom is 0.306 e. The molecule has 0 fully saturated rings. The van der Waals surface area contributed by atoms with Gasteiger partial charge in [-0.3, -0.25) is 9.59 Å². The molecule has 5 heteroatoms. The summed E-state index contributed by atoms with van der Waals surface area (Å²) in [7, 11) is 0. The molecule has 0 rings (SSSR count). The van der Waals surface area contributed by atoms with Gasteiger partial charge in [0.15, 0.2) is 6.10 Å². The van der Waals surface area contributed by atoms with E-state index in [1.165, 1.54) is 186 Å². The summed E-state index contributed by atoms with van der Waals surface area (Å²) >= 11 is 0. The van der Waals surface area contributed by atoms with Gasteiger partial charge in [0.05, 0.1) is 6.61 Å². The van der Waals surface area contributed by atoms with E-state index in [1.807, 2.05) is 0 Å². The number of hydrogen-bond donors (Lipinski definition) is 1. The van der Waals surface area contributed by atoms with Gasteiger partial charge in [-0.15, -0.1) is 0 Å². The second-order valence-electron chi connectivity index (χ2n) is 23.9. The molecule has 5 nitrogen and oxygen atoms in total. The first kappa shape index (κ1) is 81.0. The van der Waals surface area contributed by atoms with E-state index in [4.69, 9.17) is 9.47 Å². The summed E-state index contributed by atoms with van der Waals surface area (Å²) in [5.74, 6) is -0.607. The smallest absolute Gasteiger partial charge is 0.306 e. The van der Waals surface area contributed by atoms with Crippen LogP contribution in [0.2, 0.25) is 0 Å². The molecule has 0 saturated carbocycles. The SMILES string of the molecule is CC/C=C\C/C=C\C/C=C\C/C=C\C/C=C\C/C=C\C/C=C\C/C=C\C/C=C\C/C=C\C/C=C\CCCCCCCC(=O)OC(CO)COC(=O)CCCCCCCCCCCCCCCCCCCCCCCCCCCCCCCCCC. The van der Waals surface area contributed by atoms with Crippen molar-refractivity contribution in [3.63, 3.8) is 0 Å². The van der Waals surface area contributed by atoms with E-state index in [1.54, 1.807) is 0 Å². The molecule has 0 amide bonds. The van der Waals surface area contributed by atoms with Crippen LogP contribution in [0, 0.1) is 0 Å². The van der Waals surface area contributed by atoms with E-state index >= 15 is 0 Å². The lowest BCUT2D eigenvalue weighted by molar-refractivity contribution is -0.161. The topological polar surface area (TPSA) is 72.8 Å². The van der Waals surface area contributed by atoms with Gasteiger partial charge in [0.1, 0.15) is 6.61 Å². The van der Waals surface area contributed by atoms with E-state index in [2.05, 4.69) is 148 Å². The second-order valence-corrected chi connectivity index (χ2v) is 23.9. The molecule has 1 N–H and O–H groups in total. The molecule has 0 aliphatic rings. The van der Waals surface area contributed by atoms with Gasteiger partial charge in [0.2, 0.25) is 0 Å². The van der Waals surface area contributed by atoms with Crippen LogP contribution in [0.15, 0.2) is 134 Å². The lowest BCUT2D eigenvalue weighted by atomic mass is 10.0. The highest BCUT2D eigenvalue weighted by molar-refractivity contribution is 5.70. The fourth-order valence-electron chi connectivity index (χ4n) is 10.3. The Labute approximate surface area is 527 Å². The standard InChI is InChI=1S/C80H136O5/c1-3-5-7-9-11-13-15-17-19-21-23-25-27-29-31-33-35-37-38-39-40-41-42-43-45-47-49-51-53-55-57-59-61-63-65-67-69-71-73-75-80(83)85-78(76-81)77-84-79(82)74-72-70-68-66-64-62-60-58-56-54-52-50-48-46-44-36-34-32-30-28-26-24-22-20-18-16-14-12-10-8-6-4-2/h5,7,11,13,17,19,23,25,29,31,35,37,39-40,42-43,47,49,53,55,59,61,78,81H,3-4,6,8-10,12,14-16,18,20-22,24,26-28,30,32-34,36,38,41,44-46,48,50-52,54,56-58,60,62-77H2,1-2H3/b7-5-,13-11-,19-17-,25-23-,31-29-,37-35-,40-39-,43-42-,49-47-,55-53-,61-59-. The molecular formula is C80H136O5. The molecule has 0 spiro atoms. The normalized spacial score (nSPS) is 13.0. The van der Waals surface area contributed by atoms with Crippen molar-refractivity contribution in [2.24, 2.45) is 0 Å². The lowest BCUT2D eigenvalue weighted by Crippen LogP contribution is -2.28. The number of aliphatic hydroxyl groups excluding tert-OH is 1. The predicted octanol–water partition coefficient (Wildman–Crippen LogP) is 25.5. The molecule has 486 valence electrons. The molecule has 85 heavy (non-hydrogen) atoms. The summed E-state index contributed by atoms with van der Waals surface area (Å²) in [6.45, 7) is 4.04. The van der Waals surface area contributed by atoms with Gasteiger partial charge in [-0.25, -0.2) is 0 Å². The van der Waals surface area contributed by atoms with Crippen LogP contribution >= 0.6 is 0 Å². The van der Waals surface area contributed by atoms with E-state index < -0.39 is 6.10 Å². The number of esters is 2. The second kappa shape index (κ2) is 74.3. The summed E-state index contributed by atoms with van der Waals surface area (Å²) in [6, 6.07) is 0. The van der Waals surface area contributed by atoms with E-state index in [0.29, 0.717) is 12.8 Å². The molecule has 0 aromatic carbocycles. The van der Waals surface area contributed by atoms with Crippen LogP contribution in [-0.4, -0.2) is 36.4 Å². The van der Waals surface area contributed by atoms with Gasteiger partial charge in [0, 0.05) is 12.8 Å². The van der Waals surface area contributed by atoms with E-state index in [0.717, 1.165) is 128 Å². The Kier molecular flexibility index (Phi) is 70.8. The monoisotopic (exact) mass is 1180 g/mol. The first-order valence-electron chi connectivity index (χ1n) is 36.2. The summed E-state index contributed by atoms with van der Waals surface area (Å²) in [6.07, 6.45) is 111. The number of carbonyl (C=O) groups is 2. The predicted molar refractivity (Wildman–Crippen MR) is 375 cm³/mol. The summed E-state index contributed by atoms with van der Waals surface area (Å²) in [4.78, 5) is 24.7. The zero-order valence-electron chi connectivity index (χ0n) is 55.8. The van der Waals surface area contributed by atoms with Gasteiger partial charge in [0.25, 0.3) is 0 Å². The summed E-state index contributed by atoms with van der Waals surface area (Å²) < 4.78 is 10.7. The number of allylic oxidation sites excluding steroid dienone is 22. The third-order valence-corrected chi connectivity index (χ3v) is 15.7. The fourth-order valence-corrected chi connectivity index (χ4v) is 10.3. The van der Waals surface area contributed by atoms with Crippen molar-refractivity contribution in [3.8, 4) is 0 Å². The highest BCUT2D eigenvalue weighted by Gasteiger charge is 2.16. The third kappa shape index (κ3) is 72.4. The highest BCUT2D eigenvalue weighted by Crippen LogP contribution is 2.18. The lowest BCUT2D eigenvalue weighted by Gasteiger charge is -2.15. The van der Waals surface area contributed by atoms with Crippen LogP contribution in [0.25, 0.3) is 0 Å². The van der Waals surface area contributed by atoms with Crippen LogP contribution in [0.5, 0.6) is 0 Å². The zero-order chi connectivity index (χ0) is 61.2. The Morgan fingerprint density at radius 2 is 0.506 bits per heavy atom. The average molecular weight is 1180 g/mol. The molecule has 0 saturated heterocycles. The van der Waals surface area contributed by atoms with Crippen molar-refractivity contribution >= 4 is 11.9 Å². The Bertz CT molecular complexity index is 1720. The van der Waals surface area contributed by atoms with Crippen molar-refractivity contribution in [1.82, 2.24) is 0 Å². The molecule has 1 unspecified atom stereocenters. The van der Waals surface area contributed by atoms with Crippen molar-refractivity contribution < 1.29 is 24.2 Å². The summed E-state index contributed by atoms with van der Waals surface area (Å²) in [5, 5.41) is 9.70. The molecule has 0 aromatic heterocycles. The molecule has 1 atom stereocenters. The molecule has 0 aliphatic heterocycles. The van der Waals surface area contributed by atoms with Gasteiger partial charge in [-0.1, -0.05) is 366 Å². The maximum atomic E-state index is 12.4. The molecule has 0 radical (unpaired) electrons. The number of carbonyl (C=O) groups excluding carboxylic acids is 2. The first-order valence-corrected chi connectivity index (χ1v) is 36.2. The van der Waals surface area contributed by atoms with Gasteiger partial charge >= 0.3 is 11.9 Å². The van der Waals surface area contributed by atoms with Crippen LogP contribution in [0.4, 0.5) is 0 Å². The number of ether oxygens (including phenoxy) is 2. The van der Waals surface area contributed by atoms with Crippen LogP contribution in [-0.2, 0) is 19.1 Å². The fraction of sp³-hybridized carbons (Fsp3) is 0.700. The van der Waals surface area contributed by atoms with Crippen molar-refractivity contribution in [2.75, 3.05) is 13.2 Å². The first-order chi connectivity index (χ1) is 42.1. The quantitative estimate of drug-likeness (QED) is 0.0373. The highest BCUT2D eigenvalue weighted by atomic mass is 16.6. The molecular weight excluding hydrogens is 1040 g/mol. The van der Waals surface area contributed by atoms with Crippen molar-refractivity contribution in [1.29, 1.82) is 0 Å². The number of unbranched alkanes of at least 4 members (excludes halogenated alkanes) is 36. The van der Waals surface area contributed by atoms with Gasteiger partial charge in [-0.2, -0.15) is 0 Å². The Morgan fingerprint density at radius 1 is 0.282 bits per heavy atom. The molecule has 0 aromatic rings. The van der Waals surface area contributed by atoms with Crippen molar-refractivity contribution in [2.45, 2.75) is 347 Å². The third-order valence-electron chi connectivity index (χ3n) is 15.7. The molecule has 0 aliphatic carbocycles. The number of aliphatic hydroxyl groups is 1. The minimum absolute atomic E-state index is 0.0777. The van der Waals surface area contributed by atoms with E-state index in [9.17, 15) is 14.7 Å². The Balaban J connectivity index is 3.55. The van der Waals surface area contributed by atoms with E-state index in [-0.39, 0.29) is 25.2 Å². The zero-order valence-corrected chi connectivity index (χ0v) is 55.8. The average Bonchev–Trinajstić information content (AvgIpc) is 3.51. The van der Waals surface area contributed by atoms with Crippen LogP contribution < -0.4 is 0 Å². The Morgan fingerprint density at radius 3 is 0.765 bits per heavy atom.